The second-order valence-corrected chi connectivity index (χ2v) is 4.93. The first-order chi connectivity index (χ1) is 7.54. The molecule has 2 atom stereocenters. The largest absolute Gasteiger partial charge is 0.469 e. The van der Waals surface area contributed by atoms with Crippen LogP contribution in [-0.4, -0.2) is 29.0 Å². The van der Waals surface area contributed by atoms with E-state index in [4.69, 9.17) is 4.42 Å². The van der Waals surface area contributed by atoms with Crippen LogP contribution < -0.4 is 0 Å². The van der Waals surface area contributed by atoms with E-state index in [9.17, 15) is 4.79 Å². The zero-order valence-electron chi connectivity index (χ0n) is 9.89. The molecule has 0 aliphatic heterocycles. The average Bonchev–Trinajstić information content (AvgIpc) is 2.71. The summed E-state index contributed by atoms with van der Waals surface area (Å²) in [5.74, 6) is 1.51. The number of ether oxygens (including phenoxy) is 1. The van der Waals surface area contributed by atoms with Gasteiger partial charge < -0.3 is 9.15 Å². The number of hydrogen-bond acceptors (Lipinski definition) is 6. The van der Waals surface area contributed by atoms with Gasteiger partial charge in [-0.15, -0.1) is 22.0 Å². The van der Waals surface area contributed by atoms with E-state index in [1.807, 2.05) is 13.8 Å². The van der Waals surface area contributed by atoms with E-state index >= 15 is 0 Å². The van der Waals surface area contributed by atoms with E-state index in [0.717, 1.165) is 0 Å². The molecule has 0 fully saturated rings. The van der Waals surface area contributed by atoms with Gasteiger partial charge >= 0.3 is 5.97 Å². The van der Waals surface area contributed by atoms with Crippen LogP contribution in [0.5, 0.6) is 0 Å². The van der Waals surface area contributed by atoms with Crippen molar-refractivity contribution in [1.29, 1.82) is 0 Å². The van der Waals surface area contributed by atoms with Crippen molar-refractivity contribution in [3.8, 4) is 0 Å². The van der Waals surface area contributed by atoms with Crippen molar-refractivity contribution in [3.05, 3.63) is 11.8 Å². The van der Waals surface area contributed by atoms with Gasteiger partial charge in [-0.3, -0.25) is 4.79 Å². The summed E-state index contributed by atoms with van der Waals surface area (Å²) in [6, 6.07) is 0. The summed E-state index contributed by atoms with van der Waals surface area (Å²) in [7, 11) is 1.40. The molecule has 0 unspecified atom stereocenters. The Labute approximate surface area is 99.0 Å². The minimum Gasteiger partial charge on any atom is -0.469 e. The minimum atomic E-state index is -0.193. The SMILES string of the molecule is COC(=O)[C@@H](C)CS[C@H](C)c1nnc(C)o1. The van der Waals surface area contributed by atoms with Gasteiger partial charge in [0.1, 0.15) is 0 Å². The quantitative estimate of drug-likeness (QED) is 0.738. The van der Waals surface area contributed by atoms with Crippen molar-refractivity contribution in [1.82, 2.24) is 10.2 Å². The fraction of sp³-hybridized carbons (Fsp3) is 0.700. The topological polar surface area (TPSA) is 65.2 Å². The van der Waals surface area contributed by atoms with Crippen molar-refractivity contribution >= 4 is 17.7 Å². The molecule has 0 N–H and O–H groups in total. The number of aryl methyl sites for hydroxylation is 1. The molecule has 0 radical (unpaired) electrons. The third-order valence-electron chi connectivity index (χ3n) is 2.09. The molecule has 0 aliphatic carbocycles. The van der Waals surface area contributed by atoms with E-state index in [0.29, 0.717) is 17.5 Å². The van der Waals surface area contributed by atoms with Crippen LogP contribution >= 0.6 is 11.8 Å². The normalized spacial score (nSPS) is 14.5. The number of carbonyl (C=O) groups is 1. The van der Waals surface area contributed by atoms with E-state index in [-0.39, 0.29) is 17.1 Å². The molecule has 0 aromatic carbocycles. The second-order valence-electron chi connectivity index (χ2n) is 3.56. The first kappa shape index (κ1) is 13.0. The van der Waals surface area contributed by atoms with Gasteiger partial charge in [-0.2, -0.15) is 0 Å². The Kier molecular flexibility index (Phi) is 4.79. The molecule has 0 spiro atoms. The molecular weight excluding hydrogens is 228 g/mol. The Morgan fingerprint density at radius 1 is 1.50 bits per heavy atom. The second kappa shape index (κ2) is 5.89. The Morgan fingerprint density at radius 2 is 2.19 bits per heavy atom. The Balaban J connectivity index is 2.41. The Morgan fingerprint density at radius 3 is 2.69 bits per heavy atom. The van der Waals surface area contributed by atoms with E-state index in [2.05, 4.69) is 14.9 Å². The zero-order valence-corrected chi connectivity index (χ0v) is 10.7. The molecule has 0 saturated carbocycles. The molecule has 16 heavy (non-hydrogen) atoms. The van der Waals surface area contributed by atoms with Crippen molar-refractivity contribution in [3.63, 3.8) is 0 Å². The maximum Gasteiger partial charge on any atom is 0.309 e. The number of rotatable bonds is 5. The summed E-state index contributed by atoms with van der Waals surface area (Å²) in [6.45, 7) is 5.57. The van der Waals surface area contributed by atoms with Crippen LogP contribution in [0.3, 0.4) is 0 Å². The van der Waals surface area contributed by atoms with Gasteiger partial charge in [0.05, 0.1) is 18.3 Å². The number of carbonyl (C=O) groups excluding carboxylic acids is 1. The summed E-state index contributed by atoms with van der Waals surface area (Å²) < 4.78 is 9.96. The summed E-state index contributed by atoms with van der Waals surface area (Å²) >= 11 is 1.60. The molecule has 1 rings (SSSR count). The summed E-state index contributed by atoms with van der Waals surface area (Å²) in [5, 5.41) is 7.79. The van der Waals surface area contributed by atoms with Gasteiger partial charge in [-0.05, 0) is 6.92 Å². The molecule has 1 aromatic heterocycles. The maximum absolute atomic E-state index is 11.2. The van der Waals surface area contributed by atoms with Crippen LogP contribution in [0, 0.1) is 12.8 Å². The molecule has 0 saturated heterocycles. The summed E-state index contributed by atoms with van der Waals surface area (Å²) in [4.78, 5) is 11.2. The monoisotopic (exact) mass is 244 g/mol. The van der Waals surface area contributed by atoms with Gasteiger partial charge in [0, 0.05) is 12.7 Å². The fourth-order valence-electron chi connectivity index (χ4n) is 1.11. The molecule has 0 bridgehead atoms. The van der Waals surface area contributed by atoms with Gasteiger partial charge in [-0.25, -0.2) is 0 Å². The third kappa shape index (κ3) is 3.52. The van der Waals surface area contributed by atoms with E-state index < -0.39 is 0 Å². The molecule has 6 heteroatoms. The smallest absolute Gasteiger partial charge is 0.309 e. The number of esters is 1. The number of thioether (sulfide) groups is 1. The molecule has 5 nitrogen and oxygen atoms in total. The highest BCUT2D eigenvalue weighted by Crippen LogP contribution is 2.28. The number of nitrogens with zero attached hydrogens (tertiary/aromatic N) is 2. The molecule has 1 aromatic rings. The van der Waals surface area contributed by atoms with Crippen molar-refractivity contribution in [2.75, 3.05) is 12.9 Å². The van der Waals surface area contributed by atoms with Gasteiger partial charge in [0.15, 0.2) is 0 Å². The average molecular weight is 244 g/mol. The number of hydrogen-bond donors (Lipinski definition) is 0. The number of methoxy groups -OCH3 is 1. The predicted molar refractivity (Wildman–Crippen MR) is 61.1 cm³/mol. The molecule has 0 amide bonds. The van der Waals surface area contributed by atoms with Crippen molar-refractivity contribution in [2.24, 2.45) is 5.92 Å². The van der Waals surface area contributed by atoms with Crippen LogP contribution in [0.1, 0.15) is 30.9 Å². The molecular formula is C10H16N2O3S. The van der Waals surface area contributed by atoms with Crippen molar-refractivity contribution < 1.29 is 13.9 Å². The van der Waals surface area contributed by atoms with Gasteiger partial charge in [-0.1, -0.05) is 6.92 Å². The molecule has 0 aliphatic rings. The first-order valence-electron chi connectivity index (χ1n) is 5.04. The highest BCUT2D eigenvalue weighted by atomic mass is 32.2. The van der Waals surface area contributed by atoms with Gasteiger partial charge in [0.25, 0.3) is 0 Å². The highest BCUT2D eigenvalue weighted by Gasteiger charge is 2.18. The Bertz CT molecular complexity index is 354. The first-order valence-corrected chi connectivity index (χ1v) is 6.09. The molecule has 90 valence electrons. The van der Waals surface area contributed by atoms with E-state index in [1.54, 1.807) is 18.7 Å². The molecule has 1 heterocycles. The van der Waals surface area contributed by atoms with E-state index in [1.165, 1.54) is 7.11 Å². The van der Waals surface area contributed by atoms with Crippen molar-refractivity contribution in [2.45, 2.75) is 26.0 Å². The van der Waals surface area contributed by atoms with Crippen LogP contribution in [0.25, 0.3) is 0 Å². The Hall–Kier alpha value is -1.04. The van der Waals surface area contributed by atoms with Crippen LogP contribution in [0.4, 0.5) is 0 Å². The van der Waals surface area contributed by atoms with Crippen LogP contribution in [-0.2, 0) is 9.53 Å². The van der Waals surface area contributed by atoms with Crippen LogP contribution in [0.15, 0.2) is 4.42 Å². The standard InChI is InChI=1S/C10H16N2O3S/c1-6(10(13)14-4)5-16-7(2)9-12-11-8(3)15-9/h6-7H,5H2,1-4H3/t6-,7+/m0/s1. The predicted octanol–water partition coefficient (Wildman–Crippen LogP) is 1.98. The number of aromatic nitrogens is 2. The lowest BCUT2D eigenvalue weighted by Crippen LogP contribution is -2.15. The minimum absolute atomic E-state index is 0.0910. The van der Waals surface area contributed by atoms with Crippen LogP contribution in [0.2, 0.25) is 0 Å². The maximum atomic E-state index is 11.2. The lowest BCUT2D eigenvalue weighted by molar-refractivity contribution is -0.143. The lowest BCUT2D eigenvalue weighted by Gasteiger charge is -2.10. The lowest BCUT2D eigenvalue weighted by atomic mass is 10.2. The van der Waals surface area contributed by atoms with Gasteiger partial charge in [0.2, 0.25) is 11.8 Å². The highest BCUT2D eigenvalue weighted by molar-refractivity contribution is 7.99. The summed E-state index contributed by atoms with van der Waals surface area (Å²) in [5.41, 5.74) is 0. The summed E-state index contributed by atoms with van der Waals surface area (Å²) in [6.07, 6.45) is 0. The zero-order chi connectivity index (χ0) is 12.1. The third-order valence-corrected chi connectivity index (χ3v) is 3.48. The fourth-order valence-corrected chi connectivity index (χ4v) is 2.06.